The quantitative estimate of drug-likeness (QED) is 0.822. The Labute approximate surface area is 96.8 Å². The van der Waals surface area contributed by atoms with E-state index in [9.17, 15) is 4.79 Å². The standard InChI is InChI=1S/C10H12N4O3/c1-5(3-7(15)16)13-9-8-6(2)14-17-10(8)12-4-11-9/h4-5H,3H2,1-2H3,(H,15,16)(H,11,12,13). The maximum atomic E-state index is 10.6. The SMILES string of the molecule is Cc1noc2ncnc(NC(C)CC(=O)O)c12. The second-order valence-corrected chi connectivity index (χ2v) is 3.81. The molecular weight excluding hydrogens is 224 g/mol. The number of hydrogen-bond acceptors (Lipinski definition) is 6. The lowest BCUT2D eigenvalue weighted by Crippen LogP contribution is -2.20. The molecule has 2 aromatic rings. The van der Waals surface area contributed by atoms with Crippen molar-refractivity contribution in [2.45, 2.75) is 26.3 Å². The number of nitrogens with one attached hydrogen (secondary N) is 1. The minimum Gasteiger partial charge on any atom is -0.481 e. The van der Waals surface area contributed by atoms with Gasteiger partial charge in [-0.2, -0.15) is 4.98 Å². The van der Waals surface area contributed by atoms with E-state index in [0.29, 0.717) is 22.6 Å². The Morgan fingerprint density at radius 1 is 1.59 bits per heavy atom. The van der Waals surface area contributed by atoms with E-state index in [1.165, 1.54) is 6.33 Å². The van der Waals surface area contributed by atoms with Gasteiger partial charge in [0.2, 0.25) is 0 Å². The summed E-state index contributed by atoms with van der Waals surface area (Å²) in [7, 11) is 0. The van der Waals surface area contributed by atoms with Gasteiger partial charge in [-0.1, -0.05) is 5.16 Å². The smallest absolute Gasteiger partial charge is 0.305 e. The zero-order chi connectivity index (χ0) is 12.4. The first-order valence-electron chi connectivity index (χ1n) is 5.13. The van der Waals surface area contributed by atoms with Crippen LogP contribution in [0.5, 0.6) is 0 Å². The van der Waals surface area contributed by atoms with Gasteiger partial charge in [-0.05, 0) is 13.8 Å². The van der Waals surface area contributed by atoms with Crippen LogP contribution >= 0.6 is 0 Å². The molecule has 17 heavy (non-hydrogen) atoms. The van der Waals surface area contributed by atoms with Crippen molar-refractivity contribution < 1.29 is 14.4 Å². The molecule has 2 rings (SSSR count). The molecule has 0 radical (unpaired) electrons. The highest BCUT2D eigenvalue weighted by Gasteiger charge is 2.14. The molecule has 0 aliphatic heterocycles. The van der Waals surface area contributed by atoms with Crippen LogP contribution in [0.4, 0.5) is 5.82 Å². The number of carboxylic acids is 1. The first-order valence-corrected chi connectivity index (χ1v) is 5.13. The summed E-state index contributed by atoms with van der Waals surface area (Å²) in [6.07, 6.45) is 1.36. The average Bonchev–Trinajstić information content (AvgIpc) is 2.60. The van der Waals surface area contributed by atoms with Gasteiger partial charge >= 0.3 is 5.97 Å². The molecule has 0 saturated carbocycles. The van der Waals surface area contributed by atoms with Crippen molar-refractivity contribution in [2.24, 2.45) is 0 Å². The molecular formula is C10H12N4O3. The third-order valence-electron chi connectivity index (χ3n) is 2.31. The van der Waals surface area contributed by atoms with E-state index in [1.54, 1.807) is 13.8 Å². The van der Waals surface area contributed by atoms with Crippen molar-refractivity contribution in [3.8, 4) is 0 Å². The Balaban J connectivity index is 2.29. The largest absolute Gasteiger partial charge is 0.481 e. The molecule has 0 aromatic carbocycles. The number of anilines is 1. The minimum atomic E-state index is -0.864. The Morgan fingerprint density at radius 3 is 3.06 bits per heavy atom. The zero-order valence-corrected chi connectivity index (χ0v) is 9.47. The molecule has 2 heterocycles. The van der Waals surface area contributed by atoms with Gasteiger partial charge in [0.25, 0.3) is 5.71 Å². The highest BCUT2D eigenvalue weighted by molar-refractivity contribution is 5.87. The maximum Gasteiger partial charge on any atom is 0.305 e. The Morgan fingerprint density at radius 2 is 2.35 bits per heavy atom. The van der Waals surface area contributed by atoms with E-state index in [-0.39, 0.29) is 12.5 Å². The molecule has 0 amide bonds. The molecule has 7 heteroatoms. The van der Waals surface area contributed by atoms with Crippen molar-refractivity contribution in [1.82, 2.24) is 15.1 Å². The van der Waals surface area contributed by atoms with E-state index < -0.39 is 5.97 Å². The summed E-state index contributed by atoms with van der Waals surface area (Å²) in [4.78, 5) is 18.6. The van der Waals surface area contributed by atoms with Gasteiger partial charge in [0.15, 0.2) is 0 Å². The summed E-state index contributed by atoms with van der Waals surface area (Å²) in [5.74, 6) is -0.320. The van der Waals surface area contributed by atoms with E-state index >= 15 is 0 Å². The number of aryl methyl sites for hydroxylation is 1. The molecule has 2 aromatic heterocycles. The van der Waals surface area contributed by atoms with Crippen LogP contribution in [0.25, 0.3) is 11.1 Å². The molecule has 1 atom stereocenters. The molecule has 2 N–H and O–H groups in total. The van der Waals surface area contributed by atoms with Gasteiger partial charge in [-0.25, -0.2) is 4.98 Å². The Kier molecular flexibility index (Phi) is 2.90. The van der Waals surface area contributed by atoms with Crippen LogP contribution in [0, 0.1) is 6.92 Å². The van der Waals surface area contributed by atoms with Crippen LogP contribution in [-0.2, 0) is 4.79 Å². The van der Waals surface area contributed by atoms with E-state index in [1.807, 2.05) is 0 Å². The molecule has 7 nitrogen and oxygen atoms in total. The lowest BCUT2D eigenvalue weighted by atomic mass is 10.2. The van der Waals surface area contributed by atoms with Gasteiger partial charge in [-0.15, -0.1) is 0 Å². The second kappa shape index (κ2) is 4.36. The van der Waals surface area contributed by atoms with Crippen LogP contribution in [0.1, 0.15) is 19.0 Å². The van der Waals surface area contributed by atoms with Crippen molar-refractivity contribution in [3.63, 3.8) is 0 Å². The third kappa shape index (κ3) is 2.32. The lowest BCUT2D eigenvalue weighted by Gasteiger charge is -2.12. The Hall–Kier alpha value is -2.18. The predicted molar refractivity (Wildman–Crippen MR) is 59.7 cm³/mol. The molecule has 0 fully saturated rings. The monoisotopic (exact) mass is 236 g/mol. The first kappa shape index (κ1) is 11.3. The summed E-state index contributed by atoms with van der Waals surface area (Å²) in [6.45, 7) is 3.55. The normalized spacial score (nSPS) is 12.6. The molecule has 0 aliphatic rings. The van der Waals surface area contributed by atoms with Gasteiger partial charge in [0, 0.05) is 6.04 Å². The molecule has 0 aliphatic carbocycles. The summed E-state index contributed by atoms with van der Waals surface area (Å²) < 4.78 is 4.99. The second-order valence-electron chi connectivity index (χ2n) is 3.81. The van der Waals surface area contributed by atoms with Crippen molar-refractivity contribution in [3.05, 3.63) is 12.0 Å². The lowest BCUT2D eigenvalue weighted by molar-refractivity contribution is -0.137. The first-order chi connectivity index (χ1) is 8.08. The fraction of sp³-hybridized carbons (Fsp3) is 0.400. The molecule has 1 unspecified atom stereocenters. The van der Waals surface area contributed by atoms with Crippen molar-refractivity contribution >= 4 is 22.9 Å². The van der Waals surface area contributed by atoms with Crippen molar-refractivity contribution in [2.75, 3.05) is 5.32 Å². The third-order valence-corrected chi connectivity index (χ3v) is 2.31. The number of rotatable bonds is 4. The summed E-state index contributed by atoms with van der Waals surface area (Å²) in [5, 5.41) is 16.2. The number of aromatic nitrogens is 3. The maximum absolute atomic E-state index is 10.6. The Bertz CT molecular complexity index is 551. The van der Waals surface area contributed by atoms with Gasteiger partial charge in [0.05, 0.1) is 12.1 Å². The molecule has 0 bridgehead atoms. The molecule has 90 valence electrons. The number of aliphatic carboxylic acids is 1. The topological polar surface area (TPSA) is 101 Å². The van der Waals surface area contributed by atoms with E-state index in [4.69, 9.17) is 9.63 Å². The fourth-order valence-electron chi connectivity index (χ4n) is 1.58. The van der Waals surface area contributed by atoms with Gasteiger partial charge in [-0.3, -0.25) is 4.79 Å². The van der Waals surface area contributed by atoms with Crippen LogP contribution in [0.3, 0.4) is 0 Å². The highest BCUT2D eigenvalue weighted by Crippen LogP contribution is 2.23. The van der Waals surface area contributed by atoms with E-state index in [2.05, 4.69) is 20.4 Å². The van der Waals surface area contributed by atoms with Crippen LogP contribution < -0.4 is 5.32 Å². The molecule has 0 spiro atoms. The molecule has 0 saturated heterocycles. The highest BCUT2D eigenvalue weighted by atomic mass is 16.5. The van der Waals surface area contributed by atoms with Crippen molar-refractivity contribution in [1.29, 1.82) is 0 Å². The summed E-state index contributed by atoms with van der Waals surface area (Å²) >= 11 is 0. The van der Waals surface area contributed by atoms with Gasteiger partial charge in [0.1, 0.15) is 17.5 Å². The zero-order valence-electron chi connectivity index (χ0n) is 9.47. The number of carbonyl (C=O) groups is 1. The van der Waals surface area contributed by atoms with Gasteiger partial charge < -0.3 is 14.9 Å². The predicted octanol–water partition coefficient (Wildman–Crippen LogP) is 1.20. The number of fused-ring (bicyclic) bond motifs is 1. The number of hydrogen-bond donors (Lipinski definition) is 2. The number of nitrogens with zero attached hydrogens (tertiary/aromatic N) is 3. The fourth-order valence-corrected chi connectivity index (χ4v) is 1.58. The minimum absolute atomic E-state index is 0.00975. The summed E-state index contributed by atoms with van der Waals surface area (Å²) in [6, 6.07) is -0.236. The van der Waals surface area contributed by atoms with Crippen LogP contribution in [0.15, 0.2) is 10.9 Å². The van der Waals surface area contributed by atoms with E-state index in [0.717, 1.165) is 0 Å². The number of carboxylic acid groups (broad SMARTS) is 1. The summed E-state index contributed by atoms with van der Waals surface area (Å²) in [5.41, 5.74) is 1.06. The van der Waals surface area contributed by atoms with Crippen LogP contribution in [-0.4, -0.2) is 32.2 Å². The van der Waals surface area contributed by atoms with Crippen LogP contribution in [0.2, 0.25) is 0 Å². The average molecular weight is 236 g/mol.